The average Bonchev–Trinajstić information content (AvgIpc) is 3.85. The topological polar surface area (TPSA) is 120 Å². The highest BCUT2D eigenvalue weighted by Crippen LogP contribution is 2.07. The van der Waals surface area contributed by atoms with Gasteiger partial charge < -0.3 is 30.0 Å². The second-order valence-electron chi connectivity index (χ2n) is 18.3. The lowest BCUT2D eigenvalue weighted by Crippen LogP contribution is -2.05. The van der Waals surface area contributed by atoms with Crippen molar-refractivity contribution >= 4 is 41.3 Å². The third-order valence-electron chi connectivity index (χ3n) is 4.85. The Balaban J connectivity index is -0.0000000207. The number of carbonyl (C=O) groups is 1. The summed E-state index contributed by atoms with van der Waals surface area (Å²) in [5.41, 5.74) is 7.61. The molecule has 4 N–H and O–H groups in total. The van der Waals surface area contributed by atoms with E-state index in [4.69, 9.17) is 25.1 Å². The molecule has 1 aromatic heterocycles. The summed E-state index contributed by atoms with van der Waals surface area (Å²) in [7, 11) is 0. The summed E-state index contributed by atoms with van der Waals surface area (Å²) in [6.45, 7) is 67.7. The van der Waals surface area contributed by atoms with Crippen LogP contribution in [0.4, 0.5) is 0 Å². The van der Waals surface area contributed by atoms with E-state index in [0.717, 1.165) is 95.0 Å². The van der Waals surface area contributed by atoms with Gasteiger partial charge in [0, 0.05) is 82.3 Å². The first-order chi connectivity index (χ1) is 35.7. The Morgan fingerprint density at radius 3 is 0.852 bits per heavy atom. The maximum absolute atomic E-state index is 10.2. The first kappa shape index (κ1) is 173. The second kappa shape index (κ2) is 221. The number of imidazole rings is 1. The second-order valence-corrected chi connectivity index (χ2v) is 22.0. The Labute approximate surface area is 586 Å². The molecule has 88 heavy (non-hydrogen) atoms. The van der Waals surface area contributed by atoms with Crippen LogP contribution < -0.4 is 5.73 Å². The maximum atomic E-state index is 10.2. The van der Waals surface area contributed by atoms with Crippen molar-refractivity contribution in [2.24, 2.45) is 23.5 Å². The number of ether oxygens (including phenoxy) is 3. The minimum atomic E-state index is -0.714. The lowest BCUT2D eigenvalue weighted by Gasteiger charge is -2.06. The summed E-state index contributed by atoms with van der Waals surface area (Å²) in [4.78, 5) is 17.5. The first-order valence-corrected chi connectivity index (χ1v) is 33.9. The predicted molar refractivity (Wildman–Crippen MR) is 448 cm³/mol. The third kappa shape index (κ3) is 437. The van der Waals surface area contributed by atoms with Gasteiger partial charge in [0.15, 0.2) is 0 Å². The van der Waals surface area contributed by atoms with Gasteiger partial charge in [-0.15, -0.1) is 5.73 Å². The Hall–Kier alpha value is -0.910. The molecule has 0 bridgehead atoms. The summed E-state index contributed by atoms with van der Waals surface area (Å²) in [6.07, 6.45) is 20.8. The molecule has 0 atom stereocenters. The van der Waals surface area contributed by atoms with E-state index in [2.05, 4.69) is 209 Å². The van der Waals surface area contributed by atoms with Gasteiger partial charge in [-0.05, 0) is 54.3 Å². The van der Waals surface area contributed by atoms with Gasteiger partial charge in [0.05, 0.1) is 6.42 Å². The number of nitrogens with two attached hydrogens (primary N) is 1. The summed E-state index contributed by atoms with van der Waals surface area (Å²) in [5, 5.41) is 8.38. The number of rotatable bonds is 26. The van der Waals surface area contributed by atoms with Gasteiger partial charge >= 0.3 is 5.97 Å². The number of carboxylic acids is 1. The molecular weight excluding hydrogens is 1140 g/mol. The summed E-state index contributed by atoms with van der Waals surface area (Å²) < 4.78 is 16.3. The molecule has 1 rings (SSSR count). The number of nitrogens with zero attached hydrogens (tertiary/aromatic N) is 1. The Morgan fingerprint density at radius 1 is 0.455 bits per heavy atom. The van der Waals surface area contributed by atoms with Crippen molar-refractivity contribution in [2.75, 3.05) is 80.7 Å². The normalized spacial score (nSPS) is 7.39. The van der Waals surface area contributed by atoms with Crippen molar-refractivity contribution in [1.82, 2.24) is 9.97 Å². The van der Waals surface area contributed by atoms with E-state index in [1.807, 2.05) is 29.7 Å². The molecule has 0 saturated heterocycles. The average molecular weight is 1340 g/mol. The Morgan fingerprint density at radius 2 is 0.670 bits per heavy atom. The van der Waals surface area contributed by atoms with Gasteiger partial charge in [0.25, 0.3) is 0 Å². The van der Waals surface area contributed by atoms with Gasteiger partial charge in [0.1, 0.15) is 5.82 Å². The number of thioether (sulfide) groups is 3. The molecule has 0 saturated carbocycles. The number of H-pyrrole nitrogens is 1. The molecule has 0 unspecified atom stereocenters. The van der Waals surface area contributed by atoms with Crippen molar-refractivity contribution in [2.45, 2.75) is 373 Å². The highest BCUT2D eigenvalue weighted by atomic mass is 32.2. The van der Waals surface area contributed by atoms with E-state index in [9.17, 15) is 4.79 Å². The van der Waals surface area contributed by atoms with Gasteiger partial charge in [-0.1, -0.05) is 354 Å². The number of hydrogen-bond donors (Lipinski definition) is 3. The van der Waals surface area contributed by atoms with Crippen LogP contribution in [-0.4, -0.2) is 102 Å². The Bertz CT molecular complexity index is 861. The van der Waals surface area contributed by atoms with E-state index in [0.29, 0.717) is 23.5 Å². The van der Waals surface area contributed by atoms with Crippen molar-refractivity contribution < 1.29 is 24.1 Å². The highest BCUT2D eigenvalue weighted by molar-refractivity contribution is 7.99. The van der Waals surface area contributed by atoms with Crippen LogP contribution in [0.2, 0.25) is 0 Å². The molecule has 1 aromatic rings. The summed E-state index contributed by atoms with van der Waals surface area (Å²) >= 11 is 5.56. The number of nitrogens with one attached hydrogen (secondary N) is 1. The van der Waals surface area contributed by atoms with Crippen LogP contribution in [0.15, 0.2) is 31.3 Å². The standard InChI is InChI=1S/C12H22N2OS.C10H20O3S.C9H21NOS.10C3H8.C3H4.13CH4/c1-11(2)10-15-7-3-8-16-9-4-12-13-5-6-14-12;1-9(2)8-13-5-3-6-14-7-4-10(11)12;1-9(2)8-11-5-3-6-12-7-4-10;11*1-3-2;;;;;;;;;;;;;/h5-6,11H,3-4,7-10H2,1-2H3,(H,13,14);9H,3-8H2,1-2H3,(H,11,12);9H,3-8,10H2,1-2H3;10*3H2,1-2H3;1-2H2;13*1H4. The number of aromatic amines is 1. The molecule has 0 aliphatic rings. The lowest BCUT2D eigenvalue weighted by atomic mass is 10.2. The molecule has 8 nitrogen and oxygen atoms in total. The third-order valence-corrected chi connectivity index (χ3v) is 8.09. The fraction of sp³-hybridized carbons (Fsp3) is 0.909. The molecule has 0 aliphatic heterocycles. The monoisotopic (exact) mass is 1340 g/mol. The van der Waals surface area contributed by atoms with E-state index in [1.54, 1.807) is 18.0 Å². The zero-order valence-electron chi connectivity index (χ0n) is 56.4. The molecule has 570 valence electrons. The number of carboxylic acid groups (broad SMARTS) is 1. The number of aryl methyl sites for hydroxylation is 1. The van der Waals surface area contributed by atoms with Gasteiger partial charge in [-0.2, -0.15) is 35.3 Å². The van der Waals surface area contributed by atoms with Gasteiger partial charge in [-0.25, -0.2) is 4.98 Å². The highest BCUT2D eigenvalue weighted by Gasteiger charge is 1.99. The molecule has 0 fully saturated rings. The van der Waals surface area contributed by atoms with Crippen molar-refractivity contribution in [1.29, 1.82) is 0 Å². The Kier molecular flexibility index (Phi) is 435. The maximum Gasteiger partial charge on any atom is 0.304 e. The van der Waals surface area contributed by atoms with Crippen molar-refractivity contribution in [3.63, 3.8) is 0 Å². The van der Waals surface area contributed by atoms with E-state index >= 15 is 0 Å². The van der Waals surface area contributed by atoms with E-state index in [-0.39, 0.29) is 103 Å². The number of aromatic nitrogens is 2. The minimum Gasteiger partial charge on any atom is -0.481 e. The molecule has 11 heteroatoms. The number of aliphatic carboxylic acids is 1. The van der Waals surface area contributed by atoms with Crippen LogP contribution in [0.1, 0.15) is 372 Å². The quantitative estimate of drug-likeness (QED) is 0.0611. The van der Waals surface area contributed by atoms with Crippen LogP contribution >= 0.6 is 35.3 Å². The molecule has 0 radical (unpaired) electrons. The van der Waals surface area contributed by atoms with Crippen LogP contribution in [-0.2, 0) is 25.4 Å². The fourth-order valence-electron chi connectivity index (χ4n) is 2.90. The molecule has 0 spiro atoms. The molecule has 0 amide bonds. The smallest absolute Gasteiger partial charge is 0.304 e. The molecular formula is C77H199N3O5S3. The summed E-state index contributed by atoms with van der Waals surface area (Å²) in [6, 6.07) is 0. The van der Waals surface area contributed by atoms with E-state index < -0.39 is 5.97 Å². The first-order valence-electron chi connectivity index (χ1n) is 30.4. The molecule has 1 heterocycles. The molecule has 0 aromatic carbocycles. The van der Waals surface area contributed by atoms with Crippen LogP contribution in [0.5, 0.6) is 0 Å². The predicted octanol–water partition coefficient (Wildman–Crippen LogP) is 30.1. The van der Waals surface area contributed by atoms with E-state index in [1.165, 1.54) is 75.7 Å². The largest absolute Gasteiger partial charge is 0.481 e. The van der Waals surface area contributed by atoms with Crippen molar-refractivity contribution in [3.05, 3.63) is 37.1 Å². The minimum absolute atomic E-state index is 0. The molecule has 0 aliphatic carbocycles. The zero-order chi connectivity index (χ0) is 61.5. The lowest BCUT2D eigenvalue weighted by molar-refractivity contribution is -0.136. The zero-order valence-corrected chi connectivity index (χ0v) is 58.9. The van der Waals surface area contributed by atoms with Gasteiger partial charge in [0.2, 0.25) is 0 Å². The number of hydrogen-bond acceptors (Lipinski definition) is 9. The SMILES string of the molecule is C.C.C.C.C.C.C.C.C.C.C.C.C.C=C=C.CC(C)COCCCSCCC(=O)O.CC(C)COCCCSCCN.CC(C)COCCCSCCc1ncc[nH]1.CCC.CCC.CCC.CCC.CCC.CCC.CCC.CCC.CCC.CCC. The van der Waals surface area contributed by atoms with Crippen molar-refractivity contribution in [3.8, 4) is 0 Å². The van der Waals surface area contributed by atoms with Crippen LogP contribution in [0.3, 0.4) is 0 Å². The van der Waals surface area contributed by atoms with Gasteiger partial charge in [-0.3, -0.25) is 4.79 Å². The van der Waals surface area contributed by atoms with Crippen LogP contribution in [0, 0.1) is 17.8 Å². The fourth-order valence-corrected chi connectivity index (χ4v) is 5.30. The summed E-state index contributed by atoms with van der Waals surface area (Å²) in [5.74, 6) is 8.53. The van der Waals surface area contributed by atoms with Crippen LogP contribution in [0.25, 0.3) is 0 Å².